The first-order valence-corrected chi connectivity index (χ1v) is 16.3. The number of ether oxygens (including phenoxy) is 1. The normalized spacial score (nSPS) is 25.1. The maximum absolute atomic E-state index is 13.4. The second-order valence-electron chi connectivity index (χ2n) is 11.0. The molecule has 48 heavy (non-hydrogen) atoms. The first-order chi connectivity index (χ1) is 22.9. The predicted octanol–water partition coefficient (Wildman–Crippen LogP) is -1.52. The number of carbonyl (C=O) groups is 5. The molecule has 0 unspecified atom stereocenters. The van der Waals surface area contributed by atoms with Gasteiger partial charge >= 0.3 is 17.9 Å². The van der Waals surface area contributed by atoms with E-state index in [1.54, 1.807) is 4.90 Å². The SMILES string of the molecule is Cc1oc(=O)oc1COC(=O)N1CC[C@@H](N2CC/C(=C\C3=C(C(=O)O)N4C(=O)[C@@H](NC(=O)/C(=N\O)c5nsc(N)n5)[C@H]4[S@](=O)C3)C2=O)C1. The largest absolute Gasteiger partial charge is 0.519 e. The summed E-state index contributed by atoms with van der Waals surface area (Å²) in [6.45, 7) is 1.94. The van der Waals surface area contributed by atoms with Crippen LogP contribution in [0.5, 0.6) is 0 Å². The van der Waals surface area contributed by atoms with Gasteiger partial charge in [0.1, 0.15) is 17.1 Å². The molecular formula is C26H26N8O12S2. The minimum atomic E-state index is -1.91. The van der Waals surface area contributed by atoms with Gasteiger partial charge in [0.25, 0.3) is 11.8 Å². The molecule has 4 aliphatic rings. The first kappa shape index (κ1) is 32.6. The summed E-state index contributed by atoms with van der Waals surface area (Å²) in [6, 6.07) is -1.76. The van der Waals surface area contributed by atoms with Crippen molar-refractivity contribution in [2.75, 3.05) is 31.1 Å². The second kappa shape index (κ2) is 12.7. The van der Waals surface area contributed by atoms with E-state index >= 15 is 0 Å². The maximum atomic E-state index is 13.4. The van der Waals surface area contributed by atoms with E-state index < -0.39 is 69.2 Å². The maximum Gasteiger partial charge on any atom is 0.519 e. The molecule has 0 aromatic carbocycles. The highest BCUT2D eigenvalue weighted by Crippen LogP contribution is 2.37. The van der Waals surface area contributed by atoms with Crippen LogP contribution < -0.4 is 16.9 Å². The van der Waals surface area contributed by atoms with Crippen LogP contribution in [0.25, 0.3) is 0 Å². The Morgan fingerprint density at radius 2 is 2.02 bits per heavy atom. The van der Waals surface area contributed by atoms with Crippen LogP contribution in [0, 0.1) is 6.92 Å². The number of nitrogens with two attached hydrogens (primary N) is 1. The highest BCUT2D eigenvalue weighted by atomic mass is 32.2. The number of nitrogens with zero attached hydrogens (tertiary/aromatic N) is 6. The number of amides is 4. The van der Waals surface area contributed by atoms with Crippen molar-refractivity contribution in [3.8, 4) is 0 Å². The number of allylic oxidation sites excluding steroid dienone is 1. The number of rotatable bonds is 8. The number of anilines is 1. The molecule has 20 nitrogen and oxygen atoms in total. The average Bonchev–Trinajstić information content (AvgIpc) is 3.83. The molecule has 4 aliphatic heterocycles. The van der Waals surface area contributed by atoms with Crippen molar-refractivity contribution in [3.05, 3.63) is 50.9 Å². The van der Waals surface area contributed by atoms with Crippen molar-refractivity contribution in [3.63, 3.8) is 0 Å². The Balaban J connectivity index is 1.12. The number of aliphatic carboxylic acids is 1. The number of likely N-dealkylation sites (tertiary alicyclic amines) is 2. The standard InChI is InChI=1S/C26H26N8O12S2/c1-10-14(46-26(41)45-10)8-44-25(40)32-4-3-13(7-32)33-5-2-11(20(33)36)6-12-9-48(43)22-16(21(37)34(22)17(12)23(38)39)28-19(35)15(30-42)18-29-24(27)47-31-18/h6,13,16,22,42H,2-5,7-9H2,1H3,(H,28,35)(H,38,39)(H2,27,29,31)/b11-6+,30-15-/t13-,16-,22-,48-/m1/s1. The van der Waals surface area contributed by atoms with Gasteiger partial charge in [-0.2, -0.15) is 9.36 Å². The molecule has 254 valence electrons. The highest BCUT2D eigenvalue weighted by Gasteiger charge is 2.57. The van der Waals surface area contributed by atoms with Gasteiger partial charge in [-0.05, 0) is 31.4 Å². The van der Waals surface area contributed by atoms with E-state index in [0.717, 1.165) is 16.4 Å². The molecule has 3 saturated heterocycles. The van der Waals surface area contributed by atoms with E-state index in [0.29, 0.717) is 13.0 Å². The van der Waals surface area contributed by atoms with Gasteiger partial charge in [-0.25, -0.2) is 14.4 Å². The zero-order valence-electron chi connectivity index (χ0n) is 24.8. The number of aryl methyl sites for hydroxylation is 1. The smallest absolute Gasteiger partial charge is 0.477 e. The Hall–Kier alpha value is -5.38. The number of carbonyl (C=O) groups excluding carboxylic acids is 4. The van der Waals surface area contributed by atoms with Crippen LogP contribution >= 0.6 is 11.5 Å². The van der Waals surface area contributed by atoms with E-state index in [-0.39, 0.29) is 71.5 Å². The number of carboxylic acid groups (broad SMARTS) is 1. The van der Waals surface area contributed by atoms with E-state index in [4.69, 9.17) is 19.3 Å². The number of hydrogen-bond donors (Lipinski definition) is 4. The number of nitrogens with one attached hydrogen (secondary N) is 1. The van der Waals surface area contributed by atoms with Crippen LogP contribution in [0.2, 0.25) is 0 Å². The zero-order valence-corrected chi connectivity index (χ0v) is 26.4. The Kier molecular flexibility index (Phi) is 8.59. The lowest BCUT2D eigenvalue weighted by atomic mass is 10.0. The number of β-lactam (4-membered cyclic amide) rings is 1. The molecule has 2 aromatic heterocycles. The van der Waals surface area contributed by atoms with Crippen LogP contribution in [0.15, 0.2) is 41.7 Å². The molecule has 4 atom stereocenters. The molecule has 5 N–H and O–H groups in total. The fraction of sp³-hybridized carbons (Fsp3) is 0.423. The summed E-state index contributed by atoms with van der Waals surface area (Å²) in [4.78, 5) is 82.9. The number of nitrogen functional groups attached to an aromatic ring is 1. The van der Waals surface area contributed by atoms with Crippen molar-refractivity contribution < 1.29 is 52.1 Å². The molecular weight excluding hydrogens is 680 g/mol. The third-order valence-corrected chi connectivity index (χ3v) is 10.3. The highest BCUT2D eigenvalue weighted by molar-refractivity contribution is 7.86. The lowest BCUT2D eigenvalue weighted by Gasteiger charge is -2.48. The number of hydrogen-bond acceptors (Lipinski definition) is 16. The third-order valence-electron chi connectivity index (χ3n) is 8.14. The fourth-order valence-corrected chi connectivity index (χ4v) is 7.93. The molecule has 0 spiro atoms. The Morgan fingerprint density at radius 3 is 2.67 bits per heavy atom. The lowest BCUT2D eigenvalue weighted by molar-refractivity contribution is -0.150. The summed E-state index contributed by atoms with van der Waals surface area (Å²) >= 11 is 0.733. The summed E-state index contributed by atoms with van der Waals surface area (Å²) in [5, 5.41) is 23.3. The van der Waals surface area contributed by atoms with Gasteiger partial charge in [-0.3, -0.25) is 23.5 Å². The monoisotopic (exact) mass is 706 g/mol. The molecule has 0 radical (unpaired) electrons. The van der Waals surface area contributed by atoms with Gasteiger partial charge in [0.15, 0.2) is 23.3 Å². The topological polar surface area (TPSA) is 281 Å². The number of carboxylic acids is 1. The van der Waals surface area contributed by atoms with Crippen LogP contribution in [-0.2, 0) is 41.3 Å². The predicted molar refractivity (Wildman–Crippen MR) is 159 cm³/mol. The van der Waals surface area contributed by atoms with Gasteiger partial charge in [-0.15, -0.1) is 0 Å². The van der Waals surface area contributed by atoms with Gasteiger partial charge in [0.2, 0.25) is 17.4 Å². The summed E-state index contributed by atoms with van der Waals surface area (Å²) in [5.41, 5.74) is 4.61. The zero-order chi connectivity index (χ0) is 34.4. The van der Waals surface area contributed by atoms with Gasteiger partial charge in [-0.1, -0.05) is 5.16 Å². The van der Waals surface area contributed by atoms with Crippen LogP contribution in [0.4, 0.5) is 9.93 Å². The van der Waals surface area contributed by atoms with E-state index in [9.17, 15) is 43.3 Å². The molecule has 6 heterocycles. The summed E-state index contributed by atoms with van der Waals surface area (Å²) in [6.07, 6.45) is 1.34. The van der Waals surface area contributed by atoms with Crippen LogP contribution in [0.3, 0.4) is 0 Å². The van der Waals surface area contributed by atoms with Gasteiger partial charge in [0.05, 0.1) is 22.6 Å². The van der Waals surface area contributed by atoms with Crippen molar-refractivity contribution in [1.82, 2.24) is 29.4 Å². The molecule has 6 rings (SSSR count). The van der Waals surface area contributed by atoms with Crippen molar-refractivity contribution in [2.45, 2.75) is 43.8 Å². The first-order valence-electron chi connectivity index (χ1n) is 14.2. The summed E-state index contributed by atoms with van der Waals surface area (Å²) in [7, 11) is -1.91. The number of oxime groups is 1. The van der Waals surface area contributed by atoms with Gasteiger partial charge < -0.3 is 44.7 Å². The van der Waals surface area contributed by atoms with E-state index in [2.05, 4.69) is 19.8 Å². The molecule has 0 bridgehead atoms. The molecule has 0 aliphatic carbocycles. The molecule has 22 heteroatoms. The van der Waals surface area contributed by atoms with Crippen molar-refractivity contribution in [2.24, 2.45) is 5.16 Å². The quantitative estimate of drug-likeness (QED) is 0.0797. The number of fused-ring (bicyclic) bond motifs is 1. The van der Waals surface area contributed by atoms with Crippen LogP contribution in [0.1, 0.15) is 30.2 Å². The number of aromatic nitrogens is 2. The molecule has 4 amide bonds. The minimum absolute atomic E-state index is 0.00187. The van der Waals surface area contributed by atoms with Crippen molar-refractivity contribution >= 4 is 63.0 Å². The summed E-state index contributed by atoms with van der Waals surface area (Å²) in [5.74, 6) is -5.12. The molecule has 0 saturated carbocycles. The minimum Gasteiger partial charge on any atom is -0.477 e. The van der Waals surface area contributed by atoms with Gasteiger partial charge in [0, 0.05) is 36.7 Å². The molecule has 2 aromatic rings. The lowest BCUT2D eigenvalue weighted by Crippen LogP contribution is -2.74. The second-order valence-corrected chi connectivity index (χ2v) is 13.3. The Labute approximate surface area is 275 Å². The Bertz CT molecular complexity index is 1910. The van der Waals surface area contributed by atoms with E-state index in [1.807, 2.05) is 0 Å². The average molecular weight is 707 g/mol. The van der Waals surface area contributed by atoms with Crippen molar-refractivity contribution in [1.29, 1.82) is 0 Å². The fourth-order valence-electron chi connectivity index (χ4n) is 5.86. The third kappa shape index (κ3) is 5.83. The van der Waals surface area contributed by atoms with Crippen LogP contribution in [-0.4, -0.2) is 117 Å². The molecule has 3 fully saturated rings. The summed E-state index contributed by atoms with van der Waals surface area (Å²) < 4.78 is 31.9. The van der Waals surface area contributed by atoms with E-state index in [1.165, 1.54) is 17.9 Å². The Morgan fingerprint density at radius 1 is 1.25 bits per heavy atom.